The summed E-state index contributed by atoms with van der Waals surface area (Å²) in [6.07, 6.45) is 10.2. The number of ether oxygens (including phenoxy) is 5. The fraction of sp³-hybridized carbons (Fsp3) is 0.400. The van der Waals surface area contributed by atoms with E-state index in [0.717, 1.165) is 32.7 Å². The van der Waals surface area contributed by atoms with Crippen LogP contribution in [0.1, 0.15) is 36.8 Å². The molecular formula is C55H54N6Na2O11S. The first kappa shape index (κ1) is 66.9. The van der Waals surface area contributed by atoms with Crippen molar-refractivity contribution in [3.05, 3.63) is 47.5 Å². The molecule has 0 saturated carbocycles. The average molecular weight is 1050 g/mol. The molecule has 3 rings (SSSR count). The minimum Gasteiger partial charge on any atom is -0.549 e. The van der Waals surface area contributed by atoms with Crippen LogP contribution in [0.3, 0.4) is 0 Å². The molecule has 2 aromatic carbocycles. The molecule has 0 saturated heterocycles. The molecule has 2 atom stereocenters. The number of aryl methyl sites for hydroxylation is 2. The van der Waals surface area contributed by atoms with E-state index in [1.165, 1.54) is 11.3 Å². The molecule has 378 valence electrons. The van der Waals surface area contributed by atoms with Gasteiger partial charge in [0.05, 0.1) is 92.5 Å². The van der Waals surface area contributed by atoms with E-state index < -0.39 is 35.6 Å². The third-order valence-corrected chi connectivity index (χ3v) is 10.4. The van der Waals surface area contributed by atoms with E-state index in [0.29, 0.717) is 97.1 Å². The Bertz CT molecular complexity index is 2840. The first-order valence-corrected chi connectivity index (χ1v) is 23.7. The third-order valence-electron chi connectivity index (χ3n) is 9.51. The maximum Gasteiger partial charge on any atom is 1.00 e. The van der Waals surface area contributed by atoms with Crippen molar-refractivity contribution in [2.45, 2.75) is 39.5 Å². The maximum absolute atomic E-state index is 12.2. The number of carbonyl (C=O) groups excluding carboxylic acids is 4. The van der Waals surface area contributed by atoms with Gasteiger partial charge in [-0.2, -0.15) is 0 Å². The standard InChI is InChI=1S/C55H56N6O11S.2Na/c1-5-7-9-11-13-15-19-45(53(64)65)41-51(62)56-25-17-29-68-33-35-70-31-27-61(47-22-24-48(44(4)40-47)59-60-55-58-49-23-21-43(3)39-50(49)73-55)28-32-71-36-38-72-37-34-69-30-18-26-57-52(63)42-46(54(66)67)20-16-14-12-10-8-6-2;;/h1-2,21-24,39-40,45-46H,17-18,25-38,41-42H2,3-4H3,(H,56,62)(H,57,63)(H,64,65)(H,66,67);;/q;2*+1/p-2. The second-order valence-electron chi connectivity index (χ2n) is 15.1. The molecule has 2 unspecified atom stereocenters. The van der Waals surface area contributed by atoms with Gasteiger partial charge >= 0.3 is 59.1 Å². The summed E-state index contributed by atoms with van der Waals surface area (Å²) >= 11 is 1.48. The number of carboxylic acids is 2. The van der Waals surface area contributed by atoms with Crippen molar-refractivity contribution in [1.82, 2.24) is 15.6 Å². The largest absolute Gasteiger partial charge is 1.00 e. The fourth-order valence-corrected chi connectivity index (χ4v) is 6.79. The molecule has 0 aliphatic carbocycles. The molecule has 1 aromatic heterocycles. The molecule has 0 aliphatic rings. The molecule has 0 bridgehead atoms. The molecule has 0 aliphatic heterocycles. The predicted molar refractivity (Wildman–Crippen MR) is 272 cm³/mol. The van der Waals surface area contributed by atoms with E-state index in [1.807, 2.05) is 44.2 Å². The monoisotopic (exact) mass is 1050 g/mol. The number of terminal acetylenes is 2. The van der Waals surface area contributed by atoms with Crippen molar-refractivity contribution >= 4 is 61.8 Å². The molecule has 75 heavy (non-hydrogen) atoms. The van der Waals surface area contributed by atoms with Gasteiger partial charge in [-0.3, -0.25) is 9.59 Å². The number of hydrogen-bond donors (Lipinski definition) is 2. The number of carboxylic acid groups (broad SMARTS) is 2. The Morgan fingerprint density at radius 3 is 1.57 bits per heavy atom. The molecule has 1 heterocycles. The van der Waals surface area contributed by atoms with Crippen molar-refractivity contribution in [1.29, 1.82) is 0 Å². The van der Waals surface area contributed by atoms with Crippen molar-refractivity contribution in [3.63, 3.8) is 0 Å². The minimum atomic E-state index is -1.48. The molecule has 17 nitrogen and oxygen atoms in total. The average Bonchev–Trinajstić information content (AvgIpc) is 3.78. The first-order chi connectivity index (χ1) is 35.5. The SMILES string of the molecule is C#CC#CC#CC#CC(CC(=O)NCCCOCCOCCOCCN(CCOCCOCCCNC(=O)CC(C#CC#CC#CC#C)C(=O)[O-])c1ccc(N=Nc2nc3ccc(C)cc3s2)c(C)c1)C(=O)[O-].[Na+].[Na+]. The van der Waals surface area contributed by atoms with Crippen LogP contribution in [-0.2, 0) is 42.9 Å². The Kier molecular flexibility index (Phi) is 37.6. The van der Waals surface area contributed by atoms with Crippen LogP contribution in [0.25, 0.3) is 10.2 Å². The third kappa shape index (κ3) is 30.8. The van der Waals surface area contributed by atoms with E-state index in [4.69, 9.17) is 36.5 Å². The van der Waals surface area contributed by atoms with Crippen LogP contribution in [0.4, 0.5) is 16.5 Å². The summed E-state index contributed by atoms with van der Waals surface area (Å²) in [6.45, 7) is 9.28. The summed E-state index contributed by atoms with van der Waals surface area (Å²) in [7, 11) is 0. The zero-order valence-corrected chi connectivity index (χ0v) is 47.5. The quantitative estimate of drug-likeness (QED) is 0.0264. The number of anilines is 1. The summed E-state index contributed by atoms with van der Waals surface area (Å²) < 4.78 is 29.7. The molecule has 2 N–H and O–H groups in total. The number of nitrogens with zero attached hydrogens (tertiary/aromatic N) is 4. The van der Waals surface area contributed by atoms with Crippen molar-refractivity contribution in [3.8, 4) is 95.7 Å². The van der Waals surface area contributed by atoms with Crippen LogP contribution in [-0.4, -0.2) is 121 Å². The van der Waals surface area contributed by atoms with E-state index in [9.17, 15) is 29.4 Å². The molecule has 0 radical (unpaired) electrons. The topological polar surface area (TPSA) is 225 Å². The smallest absolute Gasteiger partial charge is 0.549 e. The fourth-order valence-electron chi connectivity index (χ4n) is 5.90. The second kappa shape index (κ2) is 42.2. The number of nitrogens with one attached hydrogen (secondary N) is 2. The van der Waals surface area contributed by atoms with Crippen LogP contribution in [0.2, 0.25) is 0 Å². The molecular weight excluding hydrogens is 999 g/mol. The van der Waals surface area contributed by atoms with E-state index in [1.54, 1.807) is 0 Å². The maximum atomic E-state index is 12.2. The Hall–Kier alpha value is -6.11. The van der Waals surface area contributed by atoms with Crippen LogP contribution in [0.5, 0.6) is 0 Å². The van der Waals surface area contributed by atoms with Gasteiger partial charge in [-0.25, -0.2) is 4.98 Å². The van der Waals surface area contributed by atoms with Gasteiger partial charge < -0.3 is 59.0 Å². The number of amides is 2. The molecule has 2 amide bonds. The summed E-state index contributed by atoms with van der Waals surface area (Å²) in [4.78, 5) is 53.8. The normalized spacial score (nSPS) is 10.5. The Labute approximate surface area is 487 Å². The number of hydrogen-bond acceptors (Lipinski definition) is 16. The number of carbonyl (C=O) groups is 4. The predicted octanol–water partition coefficient (Wildman–Crippen LogP) is -3.96. The van der Waals surface area contributed by atoms with Crippen LogP contribution < -0.4 is 84.9 Å². The van der Waals surface area contributed by atoms with Gasteiger partial charge in [0.25, 0.3) is 0 Å². The molecule has 20 heteroatoms. The second-order valence-corrected chi connectivity index (χ2v) is 16.1. The Morgan fingerprint density at radius 2 is 1.09 bits per heavy atom. The van der Waals surface area contributed by atoms with Crippen molar-refractivity contribution in [2.24, 2.45) is 22.1 Å². The van der Waals surface area contributed by atoms with Crippen molar-refractivity contribution in [2.75, 3.05) is 97.1 Å². The number of aromatic nitrogens is 1. The zero-order chi connectivity index (χ0) is 52.7. The van der Waals surface area contributed by atoms with E-state index in [2.05, 4.69) is 120 Å². The van der Waals surface area contributed by atoms with Crippen LogP contribution in [0, 0.1) is 121 Å². The summed E-state index contributed by atoms with van der Waals surface area (Å²) in [5.41, 5.74) is 4.62. The van der Waals surface area contributed by atoms with E-state index in [-0.39, 0.29) is 85.0 Å². The number of azo groups is 1. The van der Waals surface area contributed by atoms with Gasteiger partial charge in [-0.05, 0) is 139 Å². The van der Waals surface area contributed by atoms with Crippen LogP contribution in [0.15, 0.2) is 46.6 Å². The van der Waals surface area contributed by atoms with Gasteiger partial charge in [0.15, 0.2) is 0 Å². The summed E-state index contributed by atoms with van der Waals surface area (Å²) in [5, 5.41) is 37.5. The van der Waals surface area contributed by atoms with Gasteiger partial charge in [-0.1, -0.05) is 29.2 Å². The molecule has 0 spiro atoms. The van der Waals surface area contributed by atoms with Gasteiger partial charge in [0.2, 0.25) is 16.9 Å². The Balaban J connectivity index is 0.0000141. The number of aliphatic carboxylic acids is 2. The van der Waals surface area contributed by atoms with Gasteiger partial charge in [-0.15, -0.1) is 23.1 Å². The number of thiazole rings is 1. The van der Waals surface area contributed by atoms with Gasteiger partial charge in [0, 0.05) is 57.9 Å². The molecule has 3 aromatic rings. The Morgan fingerprint density at radius 1 is 0.627 bits per heavy atom. The summed E-state index contributed by atoms with van der Waals surface area (Å²) in [5.74, 6) is 25.7. The molecule has 0 fully saturated rings. The summed E-state index contributed by atoms with van der Waals surface area (Å²) in [6, 6.07) is 12.0. The van der Waals surface area contributed by atoms with Crippen molar-refractivity contribution < 1.29 is 112 Å². The number of benzene rings is 2. The van der Waals surface area contributed by atoms with Crippen LogP contribution >= 0.6 is 11.3 Å². The number of rotatable bonds is 32. The zero-order valence-electron chi connectivity index (χ0n) is 42.7. The minimum absolute atomic E-state index is 0. The van der Waals surface area contributed by atoms with Gasteiger partial charge in [0.1, 0.15) is 0 Å². The number of fused-ring (bicyclic) bond motifs is 1. The van der Waals surface area contributed by atoms with E-state index >= 15 is 0 Å². The first-order valence-electron chi connectivity index (χ1n) is 22.9.